The van der Waals surface area contributed by atoms with Crippen LogP contribution in [0.1, 0.15) is 50.4 Å². The monoisotopic (exact) mass is 344 g/mol. The lowest BCUT2D eigenvalue weighted by molar-refractivity contribution is -0.130. The maximum absolute atomic E-state index is 12.4. The number of carbonyl (C=O) groups excluding carboxylic acids is 3. The standard InChI is InChI=1S/C19H24N2O4/c1-19(2,3)17-16(18(24)21-20-17)15(23)7-5-6-14(22)12-8-10-13(25-4)11-9-12/h8-11,16H,5-7H2,1-4H3,(H,21,24). The van der Waals surface area contributed by atoms with Gasteiger partial charge in [0, 0.05) is 23.8 Å². The van der Waals surface area contributed by atoms with Gasteiger partial charge in [0.05, 0.1) is 12.8 Å². The number of amides is 1. The molecule has 0 aliphatic carbocycles. The van der Waals surface area contributed by atoms with Gasteiger partial charge in [-0.15, -0.1) is 0 Å². The molecule has 6 nitrogen and oxygen atoms in total. The van der Waals surface area contributed by atoms with Crippen LogP contribution in [0.2, 0.25) is 0 Å². The summed E-state index contributed by atoms with van der Waals surface area (Å²) in [7, 11) is 1.57. The van der Waals surface area contributed by atoms with Crippen molar-refractivity contribution < 1.29 is 19.1 Å². The van der Waals surface area contributed by atoms with Crippen molar-refractivity contribution in [1.82, 2.24) is 5.43 Å². The van der Waals surface area contributed by atoms with Crippen LogP contribution < -0.4 is 10.2 Å². The van der Waals surface area contributed by atoms with Gasteiger partial charge in [0.2, 0.25) is 0 Å². The number of benzene rings is 1. The Hall–Kier alpha value is -2.50. The molecule has 0 aromatic heterocycles. The summed E-state index contributed by atoms with van der Waals surface area (Å²) in [5.74, 6) is -0.747. The third-order valence-corrected chi connectivity index (χ3v) is 4.15. The number of Topliss-reactive ketones (excluding diaryl/α,β-unsaturated/α-hetero) is 2. The Morgan fingerprint density at radius 1 is 1.16 bits per heavy atom. The molecule has 1 aliphatic heterocycles. The van der Waals surface area contributed by atoms with Crippen LogP contribution in [0.3, 0.4) is 0 Å². The van der Waals surface area contributed by atoms with Crippen molar-refractivity contribution in [2.75, 3.05) is 7.11 Å². The molecule has 0 saturated carbocycles. The fourth-order valence-corrected chi connectivity index (χ4v) is 2.76. The third-order valence-electron chi connectivity index (χ3n) is 4.15. The lowest BCUT2D eigenvalue weighted by Crippen LogP contribution is -2.36. The summed E-state index contributed by atoms with van der Waals surface area (Å²) < 4.78 is 5.06. The largest absolute Gasteiger partial charge is 0.497 e. The number of nitrogens with zero attached hydrogens (tertiary/aromatic N) is 1. The zero-order valence-electron chi connectivity index (χ0n) is 15.1. The second kappa shape index (κ2) is 7.59. The lowest BCUT2D eigenvalue weighted by Gasteiger charge is -2.21. The molecular formula is C19H24N2O4. The number of hydrogen-bond donors (Lipinski definition) is 1. The van der Waals surface area contributed by atoms with Gasteiger partial charge in [-0.25, -0.2) is 5.43 Å². The maximum Gasteiger partial charge on any atom is 0.256 e. The van der Waals surface area contributed by atoms with Gasteiger partial charge in [-0.05, 0) is 30.7 Å². The number of rotatable bonds is 7. The highest BCUT2D eigenvalue weighted by Gasteiger charge is 2.41. The summed E-state index contributed by atoms with van der Waals surface area (Å²) >= 11 is 0. The molecule has 2 rings (SSSR count). The molecule has 0 bridgehead atoms. The zero-order valence-corrected chi connectivity index (χ0v) is 15.1. The van der Waals surface area contributed by atoms with E-state index in [9.17, 15) is 14.4 Å². The Balaban J connectivity index is 1.90. The van der Waals surface area contributed by atoms with Crippen LogP contribution in [-0.4, -0.2) is 30.3 Å². The highest BCUT2D eigenvalue weighted by molar-refractivity contribution is 6.24. The second-order valence-corrected chi connectivity index (χ2v) is 7.13. The van der Waals surface area contributed by atoms with Crippen LogP contribution in [0.5, 0.6) is 5.75 Å². The molecular weight excluding hydrogens is 320 g/mol. The molecule has 1 aromatic carbocycles. The summed E-state index contributed by atoms with van der Waals surface area (Å²) in [6.07, 6.45) is 0.842. The van der Waals surface area contributed by atoms with Gasteiger partial charge in [0.1, 0.15) is 11.7 Å². The number of hydrogen-bond acceptors (Lipinski definition) is 5. The average molecular weight is 344 g/mol. The maximum atomic E-state index is 12.4. The smallest absolute Gasteiger partial charge is 0.256 e. The van der Waals surface area contributed by atoms with E-state index < -0.39 is 5.92 Å². The Kier molecular flexibility index (Phi) is 5.72. The summed E-state index contributed by atoms with van der Waals surface area (Å²) in [5.41, 5.74) is 3.18. The number of ketones is 2. The predicted octanol–water partition coefficient (Wildman–Crippen LogP) is 2.77. The minimum absolute atomic E-state index is 0.0314. The summed E-state index contributed by atoms with van der Waals surface area (Å²) in [4.78, 5) is 36.6. The molecule has 1 atom stereocenters. The molecule has 6 heteroatoms. The van der Waals surface area contributed by atoms with E-state index in [1.54, 1.807) is 31.4 Å². The van der Waals surface area contributed by atoms with E-state index in [0.717, 1.165) is 0 Å². The van der Waals surface area contributed by atoms with Crippen LogP contribution in [0.15, 0.2) is 29.4 Å². The molecule has 134 valence electrons. The summed E-state index contributed by atoms with van der Waals surface area (Å²) in [5, 5.41) is 4.02. The van der Waals surface area contributed by atoms with Crippen molar-refractivity contribution in [2.45, 2.75) is 40.0 Å². The average Bonchev–Trinajstić information content (AvgIpc) is 2.96. The minimum Gasteiger partial charge on any atom is -0.497 e. The number of nitrogens with one attached hydrogen (secondary N) is 1. The minimum atomic E-state index is -0.837. The molecule has 0 fully saturated rings. The summed E-state index contributed by atoms with van der Waals surface area (Å²) in [6, 6.07) is 6.87. The van der Waals surface area contributed by atoms with Crippen molar-refractivity contribution >= 4 is 23.2 Å². The Labute approximate surface area is 147 Å². The lowest BCUT2D eigenvalue weighted by atomic mass is 9.79. The molecule has 1 N–H and O–H groups in total. The first-order valence-electron chi connectivity index (χ1n) is 8.32. The van der Waals surface area contributed by atoms with Gasteiger partial charge in [0.25, 0.3) is 5.91 Å². The van der Waals surface area contributed by atoms with Crippen LogP contribution in [-0.2, 0) is 9.59 Å². The van der Waals surface area contributed by atoms with Crippen LogP contribution in [0.25, 0.3) is 0 Å². The molecule has 1 heterocycles. The SMILES string of the molecule is COc1ccc(C(=O)CCCC(=O)C2C(=O)NN=C2C(C)(C)C)cc1. The van der Waals surface area contributed by atoms with E-state index >= 15 is 0 Å². The van der Waals surface area contributed by atoms with E-state index in [-0.39, 0.29) is 35.7 Å². The molecule has 0 saturated heterocycles. The number of methoxy groups -OCH3 is 1. The van der Waals surface area contributed by atoms with Gasteiger partial charge in [-0.3, -0.25) is 14.4 Å². The van der Waals surface area contributed by atoms with E-state index in [4.69, 9.17) is 4.74 Å². The Morgan fingerprint density at radius 3 is 2.36 bits per heavy atom. The fourth-order valence-electron chi connectivity index (χ4n) is 2.76. The van der Waals surface area contributed by atoms with Crippen LogP contribution in [0, 0.1) is 11.3 Å². The number of carbonyl (C=O) groups is 3. The van der Waals surface area contributed by atoms with Crippen molar-refractivity contribution in [2.24, 2.45) is 16.4 Å². The molecule has 25 heavy (non-hydrogen) atoms. The molecule has 1 aromatic rings. The summed E-state index contributed by atoms with van der Waals surface area (Å²) in [6.45, 7) is 5.75. The topological polar surface area (TPSA) is 84.8 Å². The van der Waals surface area contributed by atoms with Gasteiger partial charge >= 0.3 is 0 Å². The first kappa shape index (κ1) is 18.8. The second-order valence-electron chi connectivity index (χ2n) is 7.13. The normalized spacial score (nSPS) is 17.0. The zero-order chi connectivity index (χ0) is 18.6. The Morgan fingerprint density at radius 2 is 1.80 bits per heavy atom. The van der Waals surface area contributed by atoms with Gasteiger partial charge < -0.3 is 4.74 Å². The number of hydrazone groups is 1. The highest BCUT2D eigenvalue weighted by atomic mass is 16.5. The molecule has 0 radical (unpaired) electrons. The van der Waals surface area contributed by atoms with Crippen molar-refractivity contribution in [3.05, 3.63) is 29.8 Å². The van der Waals surface area contributed by atoms with Gasteiger partial charge in [-0.1, -0.05) is 20.8 Å². The van der Waals surface area contributed by atoms with Crippen LogP contribution in [0.4, 0.5) is 0 Å². The Bertz CT molecular complexity index is 699. The molecule has 1 amide bonds. The fraction of sp³-hybridized carbons (Fsp3) is 0.474. The van der Waals surface area contributed by atoms with Crippen molar-refractivity contribution in [1.29, 1.82) is 0 Å². The molecule has 1 unspecified atom stereocenters. The molecule has 1 aliphatic rings. The first-order valence-corrected chi connectivity index (χ1v) is 8.32. The quantitative estimate of drug-likeness (QED) is 0.609. The van der Waals surface area contributed by atoms with E-state index in [2.05, 4.69) is 10.5 Å². The molecule has 0 spiro atoms. The van der Waals surface area contributed by atoms with Gasteiger partial charge in [-0.2, -0.15) is 5.10 Å². The predicted molar refractivity (Wildman–Crippen MR) is 94.7 cm³/mol. The van der Waals surface area contributed by atoms with Crippen LogP contribution >= 0.6 is 0 Å². The first-order chi connectivity index (χ1) is 11.7. The van der Waals surface area contributed by atoms with Crippen molar-refractivity contribution in [3.8, 4) is 5.75 Å². The third kappa shape index (κ3) is 4.53. The van der Waals surface area contributed by atoms with E-state index in [0.29, 0.717) is 23.4 Å². The van der Waals surface area contributed by atoms with Gasteiger partial charge in [0.15, 0.2) is 11.6 Å². The van der Waals surface area contributed by atoms with Crippen molar-refractivity contribution in [3.63, 3.8) is 0 Å². The highest BCUT2D eigenvalue weighted by Crippen LogP contribution is 2.26. The van der Waals surface area contributed by atoms with E-state index in [1.165, 1.54) is 0 Å². The van der Waals surface area contributed by atoms with E-state index in [1.807, 2.05) is 20.8 Å². The number of ether oxygens (including phenoxy) is 1.